The maximum Gasteiger partial charge on any atom is 0.259 e. The van der Waals surface area contributed by atoms with Crippen molar-refractivity contribution < 1.29 is 4.74 Å². The first-order chi connectivity index (χ1) is 10.6. The summed E-state index contributed by atoms with van der Waals surface area (Å²) in [7, 11) is 0. The third-order valence-electron chi connectivity index (χ3n) is 3.23. The summed E-state index contributed by atoms with van der Waals surface area (Å²) in [6.45, 7) is 6.20. The Morgan fingerprint density at radius 3 is 2.64 bits per heavy atom. The summed E-state index contributed by atoms with van der Waals surface area (Å²) in [6.07, 6.45) is 0. The van der Waals surface area contributed by atoms with Gasteiger partial charge in [0.15, 0.2) is 0 Å². The molecule has 110 valence electrons. The summed E-state index contributed by atoms with van der Waals surface area (Å²) < 4.78 is 5.56. The van der Waals surface area contributed by atoms with Crippen molar-refractivity contribution in [2.75, 3.05) is 6.61 Å². The van der Waals surface area contributed by atoms with Crippen LogP contribution in [0.1, 0.15) is 6.92 Å². The van der Waals surface area contributed by atoms with Crippen molar-refractivity contribution in [3.8, 4) is 17.1 Å². The molecule has 1 heterocycles. The van der Waals surface area contributed by atoms with E-state index < -0.39 is 0 Å². The Morgan fingerprint density at radius 2 is 1.91 bits per heavy atom. The van der Waals surface area contributed by atoms with Crippen molar-refractivity contribution >= 4 is 10.9 Å². The van der Waals surface area contributed by atoms with E-state index in [0.717, 1.165) is 16.9 Å². The van der Waals surface area contributed by atoms with E-state index in [2.05, 4.69) is 16.5 Å². The first kappa shape index (κ1) is 14.1. The van der Waals surface area contributed by atoms with Crippen molar-refractivity contribution in [1.82, 2.24) is 9.97 Å². The molecule has 0 saturated carbocycles. The van der Waals surface area contributed by atoms with E-state index in [-0.39, 0.29) is 5.56 Å². The van der Waals surface area contributed by atoms with Gasteiger partial charge in [-0.1, -0.05) is 18.7 Å². The Bertz CT molecular complexity index is 879. The monoisotopic (exact) mass is 292 g/mol. The summed E-state index contributed by atoms with van der Waals surface area (Å²) in [6, 6.07) is 14.8. The van der Waals surface area contributed by atoms with E-state index in [4.69, 9.17) is 4.74 Å². The molecule has 0 atom stereocenters. The van der Waals surface area contributed by atoms with Gasteiger partial charge in [0.2, 0.25) is 0 Å². The Kier molecular flexibility index (Phi) is 3.74. The van der Waals surface area contributed by atoms with E-state index in [9.17, 15) is 4.79 Å². The van der Waals surface area contributed by atoms with Crippen LogP contribution in [0, 0.1) is 0 Å². The van der Waals surface area contributed by atoms with Gasteiger partial charge in [-0.15, -0.1) is 0 Å². The molecule has 0 saturated heterocycles. The zero-order valence-electron chi connectivity index (χ0n) is 12.3. The van der Waals surface area contributed by atoms with Gasteiger partial charge in [0.1, 0.15) is 18.2 Å². The predicted molar refractivity (Wildman–Crippen MR) is 88.1 cm³/mol. The summed E-state index contributed by atoms with van der Waals surface area (Å²) >= 11 is 0. The molecule has 0 aliphatic carbocycles. The fourth-order valence-corrected chi connectivity index (χ4v) is 2.14. The molecule has 0 spiro atoms. The van der Waals surface area contributed by atoms with Crippen LogP contribution in [-0.4, -0.2) is 16.6 Å². The first-order valence-electron chi connectivity index (χ1n) is 7.00. The van der Waals surface area contributed by atoms with Gasteiger partial charge < -0.3 is 9.72 Å². The smallest absolute Gasteiger partial charge is 0.259 e. The average Bonchev–Trinajstić information content (AvgIpc) is 2.53. The minimum absolute atomic E-state index is 0.136. The molecule has 0 aliphatic rings. The lowest BCUT2D eigenvalue weighted by Crippen LogP contribution is -2.09. The van der Waals surface area contributed by atoms with Crippen molar-refractivity contribution in [2.24, 2.45) is 0 Å². The number of ether oxygens (including phenoxy) is 1. The lowest BCUT2D eigenvalue weighted by atomic mass is 10.2. The molecule has 0 aliphatic heterocycles. The van der Waals surface area contributed by atoms with Crippen LogP contribution >= 0.6 is 0 Å². The highest BCUT2D eigenvalue weighted by Crippen LogP contribution is 2.20. The Balaban J connectivity index is 1.94. The van der Waals surface area contributed by atoms with Gasteiger partial charge in [0.05, 0.1) is 10.9 Å². The van der Waals surface area contributed by atoms with E-state index in [1.54, 1.807) is 6.07 Å². The lowest BCUT2D eigenvalue weighted by Gasteiger charge is -2.07. The van der Waals surface area contributed by atoms with Crippen LogP contribution in [0.2, 0.25) is 0 Å². The molecule has 4 heteroatoms. The molecule has 3 rings (SSSR count). The second-order valence-corrected chi connectivity index (χ2v) is 5.20. The van der Waals surface area contributed by atoms with E-state index in [0.29, 0.717) is 23.3 Å². The Labute approximate surface area is 128 Å². The van der Waals surface area contributed by atoms with Crippen molar-refractivity contribution in [2.45, 2.75) is 6.92 Å². The summed E-state index contributed by atoms with van der Waals surface area (Å²) in [5.41, 5.74) is 2.35. The summed E-state index contributed by atoms with van der Waals surface area (Å²) in [5, 5.41) is 0.590. The van der Waals surface area contributed by atoms with Crippen molar-refractivity contribution in [1.29, 1.82) is 0 Å². The van der Waals surface area contributed by atoms with Crippen LogP contribution in [0.3, 0.4) is 0 Å². The van der Waals surface area contributed by atoms with Crippen LogP contribution in [-0.2, 0) is 0 Å². The number of aromatic amines is 1. The maximum absolute atomic E-state index is 12.1. The molecule has 0 fully saturated rings. The molecule has 1 N–H and O–H groups in total. The summed E-state index contributed by atoms with van der Waals surface area (Å²) in [5.74, 6) is 1.31. The largest absolute Gasteiger partial charge is 0.489 e. The minimum Gasteiger partial charge on any atom is -0.489 e. The first-order valence-corrected chi connectivity index (χ1v) is 7.00. The lowest BCUT2D eigenvalue weighted by molar-refractivity contribution is 0.353. The highest BCUT2D eigenvalue weighted by atomic mass is 16.5. The maximum atomic E-state index is 12.1. The Hall–Kier alpha value is -2.88. The van der Waals surface area contributed by atoms with Gasteiger partial charge in [0, 0.05) is 5.56 Å². The number of nitrogens with one attached hydrogen (secondary N) is 1. The molecule has 22 heavy (non-hydrogen) atoms. The van der Waals surface area contributed by atoms with Gasteiger partial charge in [0.25, 0.3) is 5.56 Å². The highest BCUT2D eigenvalue weighted by Gasteiger charge is 2.05. The van der Waals surface area contributed by atoms with Gasteiger partial charge in [-0.2, -0.15) is 0 Å². The zero-order valence-corrected chi connectivity index (χ0v) is 12.3. The normalized spacial score (nSPS) is 10.6. The molecule has 4 nitrogen and oxygen atoms in total. The third-order valence-corrected chi connectivity index (χ3v) is 3.23. The second kappa shape index (κ2) is 5.85. The van der Waals surface area contributed by atoms with E-state index in [1.165, 1.54) is 0 Å². The number of H-pyrrole nitrogens is 1. The summed E-state index contributed by atoms with van der Waals surface area (Å²) in [4.78, 5) is 19.4. The molecule has 2 aromatic carbocycles. The van der Waals surface area contributed by atoms with Gasteiger partial charge in [-0.05, 0) is 48.9 Å². The molecule has 0 amide bonds. The molecular formula is C18H16N2O2. The highest BCUT2D eigenvalue weighted by molar-refractivity contribution is 5.79. The number of rotatable bonds is 4. The number of hydrogen-bond acceptors (Lipinski definition) is 3. The molecule has 0 radical (unpaired) electrons. The number of fused-ring (bicyclic) bond motifs is 1. The molecule has 3 aromatic rings. The van der Waals surface area contributed by atoms with Gasteiger partial charge >= 0.3 is 0 Å². The topological polar surface area (TPSA) is 55.0 Å². The van der Waals surface area contributed by atoms with Crippen LogP contribution < -0.4 is 10.3 Å². The van der Waals surface area contributed by atoms with E-state index >= 15 is 0 Å². The quantitative estimate of drug-likeness (QED) is 0.748. The number of benzene rings is 2. The van der Waals surface area contributed by atoms with Crippen LogP contribution in [0.4, 0.5) is 0 Å². The number of nitrogens with zero attached hydrogens (tertiary/aromatic N) is 1. The van der Waals surface area contributed by atoms with Crippen molar-refractivity contribution in [3.63, 3.8) is 0 Å². The van der Waals surface area contributed by atoms with Crippen LogP contribution in [0.5, 0.6) is 5.75 Å². The van der Waals surface area contributed by atoms with Crippen LogP contribution in [0.15, 0.2) is 65.5 Å². The van der Waals surface area contributed by atoms with Crippen molar-refractivity contribution in [3.05, 3.63) is 71.0 Å². The Morgan fingerprint density at radius 1 is 1.18 bits per heavy atom. The molecule has 1 aromatic heterocycles. The SMILES string of the molecule is C=C(C)COc1ccc(-c2nc3ccccc3c(=O)[nH]2)cc1. The standard InChI is InChI=1S/C18H16N2O2/c1-12(2)11-22-14-9-7-13(8-10-14)17-19-16-6-4-3-5-15(16)18(21)20-17/h3-10H,1,11H2,2H3,(H,19,20,21). The fourth-order valence-electron chi connectivity index (χ4n) is 2.14. The van der Waals surface area contributed by atoms with Gasteiger partial charge in [-0.25, -0.2) is 4.98 Å². The molecule has 0 bridgehead atoms. The number of aromatic nitrogens is 2. The third kappa shape index (κ3) is 2.91. The molecular weight excluding hydrogens is 276 g/mol. The predicted octanol–water partition coefficient (Wildman–Crippen LogP) is 3.55. The van der Waals surface area contributed by atoms with E-state index in [1.807, 2.05) is 49.4 Å². The fraction of sp³-hybridized carbons (Fsp3) is 0.111. The number of hydrogen-bond donors (Lipinski definition) is 1. The average molecular weight is 292 g/mol. The molecule has 0 unspecified atom stereocenters. The number of para-hydroxylation sites is 1. The minimum atomic E-state index is -0.136. The van der Waals surface area contributed by atoms with Crippen LogP contribution in [0.25, 0.3) is 22.3 Å². The second-order valence-electron chi connectivity index (χ2n) is 5.20. The van der Waals surface area contributed by atoms with Gasteiger partial charge in [-0.3, -0.25) is 4.79 Å². The zero-order chi connectivity index (χ0) is 15.5.